The Morgan fingerprint density at radius 3 is 2.61 bits per heavy atom. The van der Waals surface area contributed by atoms with Crippen molar-refractivity contribution in [2.24, 2.45) is 5.92 Å². The van der Waals surface area contributed by atoms with Crippen LogP contribution in [0.2, 0.25) is 0 Å². The van der Waals surface area contributed by atoms with E-state index < -0.39 is 0 Å². The van der Waals surface area contributed by atoms with Crippen LogP contribution in [-0.4, -0.2) is 23.9 Å². The van der Waals surface area contributed by atoms with Crippen molar-refractivity contribution in [1.82, 2.24) is 4.90 Å². The molecule has 0 aliphatic rings. The first kappa shape index (κ1) is 14.2. The van der Waals surface area contributed by atoms with Crippen LogP contribution in [0.1, 0.15) is 36.2 Å². The highest BCUT2D eigenvalue weighted by Gasteiger charge is 2.21. The summed E-state index contributed by atoms with van der Waals surface area (Å²) >= 11 is 0. The average Bonchev–Trinajstić information content (AvgIpc) is 2.34. The lowest BCUT2D eigenvalue weighted by atomic mass is 10.0. The van der Waals surface area contributed by atoms with Crippen LogP contribution in [0.25, 0.3) is 0 Å². The van der Waals surface area contributed by atoms with E-state index in [4.69, 9.17) is 5.26 Å². The molecule has 0 fully saturated rings. The fourth-order valence-electron chi connectivity index (χ4n) is 1.87. The Hall–Kier alpha value is -1.82. The second kappa shape index (κ2) is 6.20. The van der Waals surface area contributed by atoms with Crippen molar-refractivity contribution in [2.75, 3.05) is 7.05 Å². The zero-order valence-corrected chi connectivity index (χ0v) is 11.5. The zero-order chi connectivity index (χ0) is 13.7. The maximum absolute atomic E-state index is 12.3. The summed E-state index contributed by atoms with van der Waals surface area (Å²) in [6, 6.07) is 9.29. The Morgan fingerprint density at radius 2 is 2.11 bits per heavy atom. The van der Waals surface area contributed by atoms with Gasteiger partial charge in [-0.1, -0.05) is 31.5 Å². The van der Waals surface area contributed by atoms with E-state index >= 15 is 0 Å². The van der Waals surface area contributed by atoms with Gasteiger partial charge in [0.25, 0.3) is 5.91 Å². The summed E-state index contributed by atoms with van der Waals surface area (Å²) in [7, 11) is 1.70. The molecule has 3 heteroatoms. The number of carbonyl (C=O) groups is 1. The van der Waals surface area contributed by atoms with E-state index in [1.165, 1.54) is 4.90 Å². The normalized spacial score (nSPS) is 12.0. The number of aryl methyl sites for hydroxylation is 1. The molecule has 0 aliphatic heterocycles. The molecule has 0 heterocycles. The molecule has 0 saturated heterocycles. The van der Waals surface area contributed by atoms with Gasteiger partial charge in [0, 0.05) is 12.6 Å². The molecule has 18 heavy (non-hydrogen) atoms. The summed E-state index contributed by atoms with van der Waals surface area (Å²) in [4.78, 5) is 13.8. The lowest BCUT2D eigenvalue weighted by molar-refractivity contribution is 0.0752. The highest BCUT2D eigenvalue weighted by atomic mass is 16.2. The SMILES string of the molecule is Cc1cccc(C(=O)N(C)C(C#N)CC(C)C)c1. The lowest BCUT2D eigenvalue weighted by Gasteiger charge is -2.24. The first-order chi connectivity index (χ1) is 8.45. The molecule has 1 amide bonds. The van der Waals surface area contributed by atoms with Crippen LogP contribution < -0.4 is 0 Å². The number of nitrogens with zero attached hydrogens (tertiary/aromatic N) is 2. The number of nitriles is 1. The molecule has 1 rings (SSSR count). The van der Waals surface area contributed by atoms with Crippen molar-refractivity contribution in [1.29, 1.82) is 5.26 Å². The fourth-order valence-corrected chi connectivity index (χ4v) is 1.87. The third-order valence-corrected chi connectivity index (χ3v) is 2.90. The standard InChI is InChI=1S/C15H20N2O/c1-11(2)8-14(10-16)17(4)15(18)13-7-5-6-12(3)9-13/h5-7,9,11,14H,8H2,1-4H3. The van der Waals surface area contributed by atoms with Gasteiger partial charge in [0.1, 0.15) is 6.04 Å². The Labute approximate surface area is 109 Å². The minimum atomic E-state index is -0.363. The second-order valence-corrected chi connectivity index (χ2v) is 5.06. The molecule has 3 nitrogen and oxygen atoms in total. The molecular weight excluding hydrogens is 224 g/mol. The predicted molar refractivity (Wildman–Crippen MR) is 72.1 cm³/mol. The number of rotatable bonds is 4. The Balaban J connectivity index is 2.86. The quantitative estimate of drug-likeness (QED) is 0.817. The van der Waals surface area contributed by atoms with Crippen LogP contribution in [0.4, 0.5) is 0 Å². The molecule has 1 unspecified atom stereocenters. The smallest absolute Gasteiger partial charge is 0.254 e. The fraction of sp³-hybridized carbons (Fsp3) is 0.467. The van der Waals surface area contributed by atoms with E-state index in [9.17, 15) is 4.79 Å². The monoisotopic (exact) mass is 244 g/mol. The van der Waals surface area contributed by atoms with E-state index in [0.717, 1.165) is 5.56 Å². The molecule has 0 spiro atoms. The van der Waals surface area contributed by atoms with Gasteiger partial charge in [-0.25, -0.2) is 0 Å². The van der Waals surface area contributed by atoms with Crippen LogP contribution in [0.3, 0.4) is 0 Å². The largest absolute Gasteiger partial charge is 0.326 e. The van der Waals surface area contributed by atoms with Gasteiger partial charge in [0.05, 0.1) is 6.07 Å². The lowest BCUT2D eigenvalue weighted by Crippen LogP contribution is -2.37. The van der Waals surface area contributed by atoms with Gasteiger partial charge in [-0.2, -0.15) is 5.26 Å². The van der Waals surface area contributed by atoms with E-state index in [1.54, 1.807) is 13.1 Å². The predicted octanol–water partition coefficient (Wildman–Crippen LogP) is 3.01. The highest BCUT2D eigenvalue weighted by Crippen LogP contribution is 2.13. The van der Waals surface area contributed by atoms with Gasteiger partial charge in [-0.15, -0.1) is 0 Å². The summed E-state index contributed by atoms with van der Waals surface area (Å²) in [6.07, 6.45) is 0.699. The Morgan fingerprint density at radius 1 is 1.44 bits per heavy atom. The number of hydrogen-bond donors (Lipinski definition) is 0. The molecule has 0 bridgehead atoms. The second-order valence-electron chi connectivity index (χ2n) is 5.06. The maximum atomic E-state index is 12.3. The number of benzene rings is 1. The molecule has 1 aromatic carbocycles. The third-order valence-electron chi connectivity index (χ3n) is 2.90. The molecule has 0 aromatic heterocycles. The Bertz CT molecular complexity index is 460. The van der Waals surface area contributed by atoms with Crippen molar-refractivity contribution >= 4 is 5.91 Å². The van der Waals surface area contributed by atoms with Crippen molar-refractivity contribution in [3.8, 4) is 6.07 Å². The number of hydrogen-bond acceptors (Lipinski definition) is 2. The van der Waals surface area contributed by atoms with Crippen LogP contribution in [0, 0.1) is 24.2 Å². The summed E-state index contributed by atoms with van der Waals surface area (Å²) in [5.74, 6) is 0.299. The molecule has 96 valence electrons. The summed E-state index contributed by atoms with van der Waals surface area (Å²) in [5.41, 5.74) is 1.69. The maximum Gasteiger partial charge on any atom is 0.254 e. The van der Waals surface area contributed by atoms with Gasteiger partial charge < -0.3 is 4.90 Å². The van der Waals surface area contributed by atoms with Gasteiger partial charge in [-0.3, -0.25) is 4.79 Å². The van der Waals surface area contributed by atoms with Crippen molar-refractivity contribution in [3.05, 3.63) is 35.4 Å². The van der Waals surface area contributed by atoms with E-state index in [-0.39, 0.29) is 11.9 Å². The van der Waals surface area contributed by atoms with Gasteiger partial charge in [0.15, 0.2) is 0 Å². The van der Waals surface area contributed by atoms with Crippen molar-refractivity contribution in [2.45, 2.75) is 33.2 Å². The number of amides is 1. The third kappa shape index (κ3) is 3.59. The molecule has 0 radical (unpaired) electrons. The molecular formula is C15H20N2O. The van der Waals surface area contributed by atoms with Crippen LogP contribution in [0.15, 0.2) is 24.3 Å². The zero-order valence-electron chi connectivity index (χ0n) is 11.5. The van der Waals surface area contributed by atoms with Crippen LogP contribution >= 0.6 is 0 Å². The van der Waals surface area contributed by atoms with Crippen molar-refractivity contribution in [3.63, 3.8) is 0 Å². The highest BCUT2D eigenvalue weighted by molar-refractivity contribution is 5.94. The molecule has 0 N–H and O–H groups in total. The van der Waals surface area contributed by atoms with E-state index in [0.29, 0.717) is 17.9 Å². The first-order valence-electron chi connectivity index (χ1n) is 6.19. The molecule has 1 aromatic rings. The minimum Gasteiger partial charge on any atom is -0.326 e. The van der Waals surface area contributed by atoms with E-state index in [1.807, 2.05) is 25.1 Å². The first-order valence-corrected chi connectivity index (χ1v) is 6.19. The van der Waals surface area contributed by atoms with Crippen molar-refractivity contribution < 1.29 is 4.79 Å². The average molecular weight is 244 g/mol. The minimum absolute atomic E-state index is 0.0918. The van der Waals surface area contributed by atoms with E-state index in [2.05, 4.69) is 19.9 Å². The summed E-state index contributed by atoms with van der Waals surface area (Å²) < 4.78 is 0. The summed E-state index contributed by atoms with van der Waals surface area (Å²) in [5, 5.41) is 9.15. The van der Waals surface area contributed by atoms with Crippen LogP contribution in [-0.2, 0) is 0 Å². The molecule has 0 saturated carbocycles. The van der Waals surface area contributed by atoms with Gasteiger partial charge >= 0.3 is 0 Å². The Kier molecular flexibility index (Phi) is 4.91. The molecule has 1 atom stereocenters. The molecule has 0 aliphatic carbocycles. The number of carbonyl (C=O) groups excluding carboxylic acids is 1. The van der Waals surface area contributed by atoms with Crippen LogP contribution in [0.5, 0.6) is 0 Å². The van der Waals surface area contributed by atoms with Gasteiger partial charge in [-0.05, 0) is 31.4 Å². The summed E-state index contributed by atoms with van der Waals surface area (Å²) in [6.45, 7) is 6.05. The topological polar surface area (TPSA) is 44.1 Å². The van der Waals surface area contributed by atoms with Gasteiger partial charge in [0.2, 0.25) is 0 Å².